The van der Waals surface area contributed by atoms with Crippen molar-refractivity contribution in [1.82, 2.24) is 0 Å². The number of nitrogens with two attached hydrogens (primary N) is 2. The van der Waals surface area contributed by atoms with Gasteiger partial charge in [0.05, 0.1) is 5.56 Å². The highest BCUT2D eigenvalue weighted by Gasteiger charge is 2.31. The molecule has 0 bridgehead atoms. The van der Waals surface area contributed by atoms with E-state index in [-0.39, 0.29) is 5.02 Å². The lowest BCUT2D eigenvalue weighted by Gasteiger charge is -2.14. The molecule has 0 aliphatic heterocycles. The maximum atomic E-state index is 12.5. The predicted molar refractivity (Wildman–Crippen MR) is 57.1 cm³/mol. The molecule has 1 rings (SSSR count). The highest BCUT2D eigenvalue weighted by Crippen LogP contribution is 2.33. The first-order chi connectivity index (χ1) is 7.34. The molecule has 0 aliphatic rings. The van der Waals surface area contributed by atoms with Crippen LogP contribution in [-0.4, -0.2) is 6.54 Å². The molecule has 6 heteroatoms. The van der Waals surface area contributed by atoms with E-state index in [1.165, 1.54) is 6.07 Å². The number of hydrogen-bond donors (Lipinski definition) is 2. The summed E-state index contributed by atoms with van der Waals surface area (Å²) < 4.78 is 37.4. The predicted octanol–water partition coefficient (Wildman–Crippen LogP) is 2.71. The molecule has 0 saturated carbocycles. The molecule has 1 aromatic carbocycles. The van der Waals surface area contributed by atoms with Crippen molar-refractivity contribution >= 4 is 11.6 Å². The topological polar surface area (TPSA) is 52.0 Å². The van der Waals surface area contributed by atoms with Gasteiger partial charge in [-0.05, 0) is 36.7 Å². The van der Waals surface area contributed by atoms with E-state index in [4.69, 9.17) is 23.1 Å². The average Bonchev–Trinajstić information content (AvgIpc) is 2.16. The summed E-state index contributed by atoms with van der Waals surface area (Å²) in [7, 11) is 0. The van der Waals surface area contributed by atoms with Crippen LogP contribution in [0.1, 0.15) is 23.6 Å². The summed E-state index contributed by atoms with van der Waals surface area (Å²) in [6, 6.07) is 2.79. The number of rotatable bonds is 3. The maximum Gasteiger partial charge on any atom is 0.416 e. The second-order valence-electron chi connectivity index (χ2n) is 3.45. The third kappa shape index (κ3) is 3.37. The minimum Gasteiger partial charge on any atom is -0.330 e. The van der Waals surface area contributed by atoms with Gasteiger partial charge in [0.2, 0.25) is 0 Å². The molecule has 0 heterocycles. The highest BCUT2D eigenvalue weighted by atomic mass is 35.5. The van der Waals surface area contributed by atoms with Crippen LogP contribution < -0.4 is 11.5 Å². The van der Waals surface area contributed by atoms with E-state index >= 15 is 0 Å². The van der Waals surface area contributed by atoms with Crippen molar-refractivity contribution in [2.45, 2.75) is 18.6 Å². The van der Waals surface area contributed by atoms with E-state index < -0.39 is 17.8 Å². The molecule has 0 fully saturated rings. The zero-order chi connectivity index (χ0) is 12.3. The third-order valence-electron chi connectivity index (χ3n) is 2.15. The van der Waals surface area contributed by atoms with Crippen LogP contribution in [0, 0.1) is 0 Å². The smallest absolute Gasteiger partial charge is 0.330 e. The number of alkyl halides is 3. The minimum atomic E-state index is -4.41. The van der Waals surface area contributed by atoms with Crippen molar-refractivity contribution in [1.29, 1.82) is 0 Å². The molecule has 0 radical (unpaired) electrons. The Labute approximate surface area is 96.4 Å². The van der Waals surface area contributed by atoms with E-state index in [2.05, 4.69) is 0 Å². The second-order valence-corrected chi connectivity index (χ2v) is 3.89. The molecule has 90 valence electrons. The average molecular weight is 253 g/mol. The van der Waals surface area contributed by atoms with E-state index in [0.717, 1.165) is 12.1 Å². The first-order valence-corrected chi connectivity index (χ1v) is 5.05. The van der Waals surface area contributed by atoms with Gasteiger partial charge in [0.25, 0.3) is 0 Å². The quantitative estimate of drug-likeness (QED) is 0.869. The van der Waals surface area contributed by atoms with Crippen LogP contribution in [0.4, 0.5) is 13.2 Å². The largest absolute Gasteiger partial charge is 0.416 e. The molecule has 0 aliphatic carbocycles. The van der Waals surface area contributed by atoms with Gasteiger partial charge >= 0.3 is 6.18 Å². The van der Waals surface area contributed by atoms with Crippen molar-refractivity contribution < 1.29 is 13.2 Å². The van der Waals surface area contributed by atoms with Crippen LogP contribution in [0.2, 0.25) is 5.02 Å². The molecule has 1 aromatic rings. The third-order valence-corrected chi connectivity index (χ3v) is 2.37. The van der Waals surface area contributed by atoms with Gasteiger partial charge in [0.1, 0.15) is 0 Å². The Bertz CT molecular complexity index is 366. The fourth-order valence-electron chi connectivity index (χ4n) is 1.34. The lowest BCUT2D eigenvalue weighted by atomic mass is 10.0. The van der Waals surface area contributed by atoms with E-state index in [9.17, 15) is 13.2 Å². The summed E-state index contributed by atoms with van der Waals surface area (Å²) >= 11 is 5.61. The number of benzene rings is 1. The first-order valence-electron chi connectivity index (χ1n) is 4.68. The number of halogens is 4. The molecule has 1 atom stereocenters. The summed E-state index contributed by atoms with van der Waals surface area (Å²) in [5.41, 5.74) is 10.5. The Morgan fingerprint density at radius 3 is 2.38 bits per heavy atom. The SMILES string of the molecule is NCC[C@H](N)c1cc(Cl)cc(C(F)(F)F)c1. The molecule has 2 nitrogen and oxygen atoms in total. The summed E-state index contributed by atoms with van der Waals surface area (Å²) in [6.07, 6.45) is -4.00. The molecular formula is C10H12ClF3N2. The lowest BCUT2D eigenvalue weighted by molar-refractivity contribution is -0.137. The molecule has 0 saturated heterocycles. The highest BCUT2D eigenvalue weighted by molar-refractivity contribution is 6.30. The van der Waals surface area contributed by atoms with Crippen LogP contribution in [-0.2, 0) is 6.18 Å². The Morgan fingerprint density at radius 1 is 1.25 bits per heavy atom. The van der Waals surface area contributed by atoms with Crippen LogP contribution in [0.25, 0.3) is 0 Å². The fourth-order valence-corrected chi connectivity index (χ4v) is 1.58. The summed E-state index contributed by atoms with van der Waals surface area (Å²) in [4.78, 5) is 0. The first kappa shape index (κ1) is 13.3. The van der Waals surface area contributed by atoms with E-state index in [0.29, 0.717) is 18.5 Å². The summed E-state index contributed by atoms with van der Waals surface area (Å²) in [5.74, 6) is 0. The normalized spacial score (nSPS) is 13.9. The summed E-state index contributed by atoms with van der Waals surface area (Å²) in [6.45, 7) is 0.315. The van der Waals surface area contributed by atoms with Crippen molar-refractivity contribution in [3.05, 3.63) is 34.3 Å². The van der Waals surface area contributed by atoms with Gasteiger partial charge in [-0.25, -0.2) is 0 Å². The Morgan fingerprint density at radius 2 is 1.88 bits per heavy atom. The van der Waals surface area contributed by atoms with E-state index in [1.807, 2.05) is 0 Å². The molecule has 0 unspecified atom stereocenters. The molecule has 4 N–H and O–H groups in total. The summed E-state index contributed by atoms with van der Waals surface area (Å²) in [5, 5.41) is 0.0253. The van der Waals surface area contributed by atoms with Gasteiger partial charge < -0.3 is 11.5 Å². The molecule has 0 aromatic heterocycles. The maximum absolute atomic E-state index is 12.5. The van der Waals surface area contributed by atoms with Crippen molar-refractivity contribution in [3.63, 3.8) is 0 Å². The van der Waals surface area contributed by atoms with Gasteiger partial charge in [-0.15, -0.1) is 0 Å². The Hall–Kier alpha value is -0.780. The van der Waals surface area contributed by atoms with Crippen molar-refractivity contribution in [2.24, 2.45) is 11.5 Å². The van der Waals surface area contributed by atoms with Gasteiger partial charge in [0, 0.05) is 11.1 Å². The molecule has 0 amide bonds. The standard InChI is InChI=1S/C10H12ClF3N2/c11-8-4-6(9(16)1-2-15)3-7(5-8)10(12,13)14/h3-5,9H,1-2,15-16H2/t9-/m0/s1. The van der Waals surface area contributed by atoms with Crippen LogP contribution in [0.15, 0.2) is 18.2 Å². The second kappa shape index (κ2) is 5.03. The van der Waals surface area contributed by atoms with Crippen molar-refractivity contribution in [3.8, 4) is 0 Å². The van der Waals surface area contributed by atoms with Gasteiger partial charge in [-0.1, -0.05) is 11.6 Å². The lowest BCUT2D eigenvalue weighted by Crippen LogP contribution is -2.16. The minimum absolute atomic E-state index is 0.0253. The number of hydrogen-bond acceptors (Lipinski definition) is 2. The van der Waals surface area contributed by atoms with Gasteiger partial charge in [0.15, 0.2) is 0 Å². The van der Waals surface area contributed by atoms with Gasteiger partial charge in [-0.2, -0.15) is 13.2 Å². The zero-order valence-corrected chi connectivity index (χ0v) is 9.15. The molecule has 0 spiro atoms. The van der Waals surface area contributed by atoms with Crippen LogP contribution in [0.5, 0.6) is 0 Å². The monoisotopic (exact) mass is 252 g/mol. The Kier molecular flexibility index (Phi) is 4.18. The molecule has 16 heavy (non-hydrogen) atoms. The zero-order valence-electron chi connectivity index (χ0n) is 8.39. The van der Waals surface area contributed by atoms with Crippen molar-refractivity contribution in [2.75, 3.05) is 6.54 Å². The van der Waals surface area contributed by atoms with E-state index in [1.54, 1.807) is 0 Å². The van der Waals surface area contributed by atoms with Crippen LogP contribution in [0.3, 0.4) is 0 Å². The fraction of sp³-hybridized carbons (Fsp3) is 0.400. The Balaban J connectivity index is 3.08. The molecular weight excluding hydrogens is 241 g/mol. The van der Waals surface area contributed by atoms with Crippen LogP contribution >= 0.6 is 11.6 Å². The van der Waals surface area contributed by atoms with Gasteiger partial charge in [-0.3, -0.25) is 0 Å².